The van der Waals surface area contributed by atoms with E-state index in [0.717, 1.165) is 23.4 Å². The molecule has 0 bridgehead atoms. The van der Waals surface area contributed by atoms with Gasteiger partial charge in [-0.25, -0.2) is 4.98 Å². The lowest BCUT2D eigenvalue weighted by Gasteiger charge is -2.34. The number of nitrogens with zero attached hydrogens (tertiary/aromatic N) is 2. The highest BCUT2D eigenvalue weighted by Gasteiger charge is 2.35. The van der Waals surface area contributed by atoms with Crippen molar-refractivity contribution >= 4 is 11.3 Å². The van der Waals surface area contributed by atoms with Crippen LogP contribution in [0.1, 0.15) is 61.3 Å². The molecule has 2 aromatic rings. The Bertz CT molecular complexity index is 613. The minimum Gasteiger partial charge on any atom is -0.388 e. The third-order valence-electron chi connectivity index (χ3n) is 4.32. The highest BCUT2D eigenvalue weighted by molar-refractivity contribution is 7.09. The number of fused-ring (bicyclic) bond motifs is 1. The van der Waals surface area contributed by atoms with E-state index in [1.165, 1.54) is 11.4 Å². The number of aliphatic hydroxyl groups excluding tert-OH is 1. The van der Waals surface area contributed by atoms with E-state index in [4.69, 9.17) is 0 Å². The summed E-state index contributed by atoms with van der Waals surface area (Å²) in [7, 11) is 0. The number of thiazole rings is 1. The van der Waals surface area contributed by atoms with Gasteiger partial charge in [-0.2, -0.15) is 0 Å². The Hall–Kier alpha value is -1.13. The lowest BCUT2D eigenvalue weighted by atomic mass is 9.75. The Morgan fingerprint density at radius 3 is 2.90 bits per heavy atom. The SMILES string of the molecule is Cc1cc2c(n1C(C)c1nccs1)CC(C)(C)CC2O. The summed E-state index contributed by atoms with van der Waals surface area (Å²) in [6.07, 6.45) is 3.38. The van der Waals surface area contributed by atoms with Crippen molar-refractivity contribution in [3.8, 4) is 0 Å². The molecule has 0 saturated carbocycles. The zero-order valence-electron chi connectivity index (χ0n) is 12.6. The van der Waals surface area contributed by atoms with Crippen molar-refractivity contribution in [2.24, 2.45) is 5.41 Å². The van der Waals surface area contributed by atoms with Crippen LogP contribution in [0.4, 0.5) is 0 Å². The second-order valence-electron chi connectivity index (χ2n) is 6.66. The molecule has 0 fully saturated rings. The quantitative estimate of drug-likeness (QED) is 0.912. The second-order valence-corrected chi connectivity index (χ2v) is 7.59. The minimum absolute atomic E-state index is 0.150. The lowest BCUT2D eigenvalue weighted by Crippen LogP contribution is -2.27. The molecular formula is C16H22N2OS. The molecule has 4 heteroatoms. The van der Waals surface area contributed by atoms with Crippen molar-refractivity contribution in [1.29, 1.82) is 0 Å². The van der Waals surface area contributed by atoms with Crippen molar-refractivity contribution in [3.63, 3.8) is 0 Å². The fourth-order valence-electron chi connectivity index (χ4n) is 3.45. The molecule has 0 amide bonds. The molecule has 1 N–H and O–H groups in total. The van der Waals surface area contributed by atoms with Gasteiger partial charge in [-0.05, 0) is 38.2 Å². The number of hydrogen-bond acceptors (Lipinski definition) is 3. The van der Waals surface area contributed by atoms with Crippen molar-refractivity contribution in [2.45, 2.75) is 52.7 Å². The number of aryl methyl sites for hydroxylation is 1. The molecule has 2 unspecified atom stereocenters. The van der Waals surface area contributed by atoms with Gasteiger partial charge in [0.2, 0.25) is 0 Å². The first-order valence-corrected chi connectivity index (χ1v) is 8.05. The van der Waals surface area contributed by atoms with Crippen LogP contribution in [0.15, 0.2) is 17.6 Å². The maximum atomic E-state index is 10.4. The molecule has 0 saturated heterocycles. The summed E-state index contributed by atoms with van der Waals surface area (Å²) < 4.78 is 2.36. The summed E-state index contributed by atoms with van der Waals surface area (Å²) in [4.78, 5) is 4.45. The van der Waals surface area contributed by atoms with Crippen LogP contribution in [0, 0.1) is 12.3 Å². The van der Waals surface area contributed by atoms with Crippen LogP contribution in [-0.4, -0.2) is 14.7 Å². The predicted molar refractivity (Wildman–Crippen MR) is 82.2 cm³/mol. The van der Waals surface area contributed by atoms with Crippen LogP contribution in [0.25, 0.3) is 0 Å². The maximum Gasteiger partial charge on any atom is 0.115 e. The summed E-state index contributed by atoms with van der Waals surface area (Å²) in [5, 5.41) is 13.6. The highest BCUT2D eigenvalue weighted by atomic mass is 32.1. The normalized spacial score (nSPS) is 22.6. The van der Waals surface area contributed by atoms with Gasteiger partial charge in [0.15, 0.2) is 0 Å². The molecule has 0 spiro atoms. The van der Waals surface area contributed by atoms with Gasteiger partial charge in [0.1, 0.15) is 5.01 Å². The van der Waals surface area contributed by atoms with Gasteiger partial charge in [-0.15, -0.1) is 11.3 Å². The van der Waals surface area contributed by atoms with E-state index in [9.17, 15) is 5.11 Å². The average Bonchev–Trinajstić information content (AvgIpc) is 2.94. The molecule has 3 rings (SSSR count). The van der Waals surface area contributed by atoms with Gasteiger partial charge in [-0.1, -0.05) is 13.8 Å². The first-order chi connectivity index (χ1) is 9.39. The van der Waals surface area contributed by atoms with Crippen LogP contribution in [0.5, 0.6) is 0 Å². The van der Waals surface area contributed by atoms with Crippen LogP contribution < -0.4 is 0 Å². The van der Waals surface area contributed by atoms with Crippen LogP contribution >= 0.6 is 11.3 Å². The zero-order valence-corrected chi connectivity index (χ0v) is 13.4. The Morgan fingerprint density at radius 1 is 1.50 bits per heavy atom. The Morgan fingerprint density at radius 2 is 2.25 bits per heavy atom. The molecule has 0 radical (unpaired) electrons. The van der Waals surface area contributed by atoms with Crippen LogP contribution in [0.2, 0.25) is 0 Å². The summed E-state index contributed by atoms with van der Waals surface area (Å²) in [6.45, 7) is 8.79. The van der Waals surface area contributed by atoms with E-state index in [2.05, 4.69) is 43.3 Å². The zero-order chi connectivity index (χ0) is 14.5. The van der Waals surface area contributed by atoms with Crippen molar-refractivity contribution in [2.75, 3.05) is 0 Å². The number of hydrogen-bond donors (Lipinski definition) is 1. The van der Waals surface area contributed by atoms with Crippen LogP contribution in [0.3, 0.4) is 0 Å². The molecule has 20 heavy (non-hydrogen) atoms. The number of aromatic nitrogens is 2. The van der Waals surface area contributed by atoms with Gasteiger partial charge in [0.05, 0.1) is 12.1 Å². The van der Waals surface area contributed by atoms with E-state index >= 15 is 0 Å². The molecule has 2 aromatic heterocycles. The third kappa shape index (κ3) is 2.21. The first-order valence-electron chi connectivity index (χ1n) is 7.17. The Balaban J connectivity index is 2.09. The predicted octanol–water partition coefficient (Wildman–Crippen LogP) is 3.87. The molecular weight excluding hydrogens is 268 g/mol. The monoisotopic (exact) mass is 290 g/mol. The minimum atomic E-state index is -0.336. The van der Waals surface area contributed by atoms with Crippen molar-refractivity contribution < 1.29 is 5.11 Å². The molecule has 108 valence electrons. The molecule has 3 nitrogen and oxygen atoms in total. The van der Waals surface area contributed by atoms with Gasteiger partial charge in [0, 0.05) is 28.5 Å². The largest absolute Gasteiger partial charge is 0.388 e. The highest BCUT2D eigenvalue weighted by Crippen LogP contribution is 2.43. The standard InChI is InChI=1S/C16H22N2OS/c1-10-7-12-13(8-16(3,4)9-14(12)19)18(10)11(2)15-17-5-6-20-15/h5-7,11,14,19H,8-9H2,1-4H3. The topological polar surface area (TPSA) is 38.0 Å². The summed E-state index contributed by atoms with van der Waals surface area (Å²) in [5.41, 5.74) is 3.77. The molecule has 0 aliphatic heterocycles. The van der Waals surface area contributed by atoms with Gasteiger partial charge in [-0.3, -0.25) is 0 Å². The van der Waals surface area contributed by atoms with Crippen LogP contribution in [-0.2, 0) is 6.42 Å². The summed E-state index contributed by atoms with van der Waals surface area (Å²) >= 11 is 1.69. The molecule has 2 atom stereocenters. The Kier molecular flexibility index (Phi) is 3.26. The first kappa shape index (κ1) is 13.8. The average molecular weight is 290 g/mol. The third-order valence-corrected chi connectivity index (χ3v) is 5.26. The Labute approximate surface area is 124 Å². The van der Waals surface area contributed by atoms with E-state index < -0.39 is 0 Å². The van der Waals surface area contributed by atoms with Gasteiger partial charge in [0.25, 0.3) is 0 Å². The molecule has 2 heterocycles. The maximum absolute atomic E-state index is 10.4. The van der Waals surface area contributed by atoms with Crippen molar-refractivity contribution in [1.82, 2.24) is 9.55 Å². The second kappa shape index (κ2) is 4.71. The van der Waals surface area contributed by atoms with E-state index in [1.807, 2.05) is 11.6 Å². The molecule has 1 aliphatic rings. The summed E-state index contributed by atoms with van der Waals surface area (Å²) in [5.74, 6) is 0. The van der Waals surface area contributed by atoms with E-state index in [-0.39, 0.29) is 17.6 Å². The molecule has 1 aliphatic carbocycles. The summed E-state index contributed by atoms with van der Waals surface area (Å²) in [6, 6.07) is 2.39. The van der Waals surface area contributed by atoms with Gasteiger partial charge < -0.3 is 9.67 Å². The number of rotatable bonds is 2. The van der Waals surface area contributed by atoms with E-state index in [1.54, 1.807) is 11.3 Å². The van der Waals surface area contributed by atoms with Crippen molar-refractivity contribution in [3.05, 3.63) is 39.6 Å². The van der Waals surface area contributed by atoms with Gasteiger partial charge >= 0.3 is 0 Å². The fraction of sp³-hybridized carbons (Fsp3) is 0.562. The lowest BCUT2D eigenvalue weighted by molar-refractivity contribution is 0.0977. The smallest absolute Gasteiger partial charge is 0.115 e. The molecule has 0 aromatic carbocycles. The van der Waals surface area contributed by atoms with E-state index in [0.29, 0.717) is 0 Å². The fourth-order valence-corrected chi connectivity index (χ4v) is 4.14. The number of aliphatic hydroxyl groups is 1.